The molecule has 0 saturated carbocycles. The summed E-state index contributed by atoms with van der Waals surface area (Å²) >= 11 is 12.5. The second-order valence-electron chi connectivity index (χ2n) is 9.90. The van der Waals surface area contributed by atoms with Gasteiger partial charge in [-0.15, -0.1) is 0 Å². The first-order valence-electron chi connectivity index (χ1n) is 11.7. The van der Waals surface area contributed by atoms with Crippen molar-refractivity contribution in [3.05, 3.63) is 52.3 Å². The molecule has 1 amide bonds. The van der Waals surface area contributed by atoms with Crippen LogP contribution in [-0.4, -0.2) is 61.3 Å². The second kappa shape index (κ2) is 11.1. The number of amides is 1. The van der Waals surface area contributed by atoms with Crippen molar-refractivity contribution in [2.24, 2.45) is 0 Å². The summed E-state index contributed by atoms with van der Waals surface area (Å²) in [5.74, 6) is -0.334. The molecule has 4 rings (SSSR count). The number of rotatable bonds is 9. The van der Waals surface area contributed by atoms with Gasteiger partial charge in [-0.25, -0.2) is 13.4 Å². The lowest BCUT2D eigenvalue weighted by Gasteiger charge is -2.17. The third-order valence-corrected chi connectivity index (χ3v) is 9.70. The average molecular weight is 584 g/mol. The van der Waals surface area contributed by atoms with Crippen LogP contribution in [0.3, 0.4) is 0 Å². The van der Waals surface area contributed by atoms with Crippen LogP contribution in [0.5, 0.6) is 0 Å². The molecule has 2 aromatic heterocycles. The molecule has 1 fully saturated rings. The van der Waals surface area contributed by atoms with Gasteiger partial charge in [0.1, 0.15) is 11.5 Å². The van der Waals surface area contributed by atoms with Crippen LogP contribution in [0, 0.1) is 0 Å². The van der Waals surface area contributed by atoms with Crippen molar-refractivity contribution in [3.63, 3.8) is 0 Å². The smallest absolute Gasteiger partial charge is 0.257 e. The molecule has 1 aliphatic rings. The number of sulfonamides is 1. The highest BCUT2D eigenvalue weighted by atomic mass is 35.5. The van der Waals surface area contributed by atoms with Crippen molar-refractivity contribution < 1.29 is 17.9 Å². The molecule has 1 aromatic carbocycles. The van der Waals surface area contributed by atoms with Gasteiger partial charge in [0, 0.05) is 43.7 Å². The molecule has 14 heteroatoms. The first kappa shape index (κ1) is 27.5. The van der Waals surface area contributed by atoms with E-state index < -0.39 is 24.0 Å². The third-order valence-electron chi connectivity index (χ3n) is 5.63. The van der Waals surface area contributed by atoms with Crippen molar-refractivity contribution in [2.45, 2.75) is 38.8 Å². The average Bonchev–Trinajstić information content (AvgIpc) is 3.42. The maximum Gasteiger partial charge on any atom is 0.257 e. The Bertz CT molecular complexity index is 1410. The number of carbonyl (C=O) groups is 1. The lowest BCUT2D eigenvalue weighted by atomic mass is 10.1. The fourth-order valence-corrected chi connectivity index (χ4v) is 6.35. The van der Waals surface area contributed by atoms with Crippen LogP contribution >= 0.6 is 23.2 Å². The Kier molecular flexibility index (Phi) is 8.24. The molecule has 3 aromatic rings. The number of nitrogens with zero attached hydrogens (tertiary/aromatic N) is 5. The standard InChI is InChI=1S/C23H28Cl2N6O4SSi/c1-37(2,3)8-6-35-15-31-27-14-21(29-31)16-9-17(24)11-18(10-16)28-23(32)19-12-22(26-13-20(19)25)30-5-4-7-36(30,33)34/h9-14H,4-8,15H2,1-3H3,(H,28,32). The minimum absolute atomic E-state index is 0.0410. The summed E-state index contributed by atoms with van der Waals surface area (Å²) in [6.45, 7) is 8.06. The molecule has 0 bridgehead atoms. The molecule has 37 heavy (non-hydrogen) atoms. The van der Waals surface area contributed by atoms with E-state index in [1.807, 2.05) is 0 Å². The van der Waals surface area contributed by atoms with E-state index in [4.69, 9.17) is 27.9 Å². The van der Waals surface area contributed by atoms with Gasteiger partial charge in [0.05, 0.1) is 22.5 Å². The Hall–Kier alpha value is -2.51. The van der Waals surface area contributed by atoms with Gasteiger partial charge in [-0.2, -0.15) is 15.0 Å². The Morgan fingerprint density at radius 2 is 1.95 bits per heavy atom. The molecule has 10 nitrogen and oxygen atoms in total. The number of hydrogen-bond donors (Lipinski definition) is 1. The van der Waals surface area contributed by atoms with Gasteiger partial charge in [0.15, 0.2) is 6.73 Å². The van der Waals surface area contributed by atoms with E-state index in [-0.39, 0.29) is 28.9 Å². The molecule has 198 valence electrons. The van der Waals surface area contributed by atoms with Gasteiger partial charge in [-0.1, -0.05) is 42.8 Å². The Balaban J connectivity index is 1.48. The zero-order valence-corrected chi connectivity index (χ0v) is 24.1. The van der Waals surface area contributed by atoms with Crippen LogP contribution in [0.15, 0.2) is 36.7 Å². The number of hydrogen-bond acceptors (Lipinski definition) is 7. The van der Waals surface area contributed by atoms with Crippen molar-refractivity contribution in [1.82, 2.24) is 20.0 Å². The highest BCUT2D eigenvalue weighted by Crippen LogP contribution is 2.29. The van der Waals surface area contributed by atoms with Crippen LogP contribution in [-0.2, 0) is 21.5 Å². The Morgan fingerprint density at radius 1 is 1.16 bits per heavy atom. The first-order valence-corrected chi connectivity index (χ1v) is 17.7. The number of anilines is 2. The topological polar surface area (TPSA) is 119 Å². The van der Waals surface area contributed by atoms with Crippen LogP contribution in [0.4, 0.5) is 11.5 Å². The van der Waals surface area contributed by atoms with Crippen LogP contribution < -0.4 is 9.62 Å². The predicted molar refractivity (Wildman–Crippen MR) is 148 cm³/mol. The fraction of sp³-hybridized carbons (Fsp3) is 0.391. The molecule has 0 atom stereocenters. The number of aromatic nitrogens is 4. The molecule has 0 radical (unpaired) electrons. The molecule has 0 spiro atoms. The van der Waals surface area contributed by atoms with E-state index in [1.54, 1.807) is 24.4 Å². The normalized spacial score (nSPS) is 15.2. The van der Waals surface area contributed by atoms with Crippen molar-refractivity contribution in [3.8, 4) is 11.3 Å². The molecule has 3 heterocycles. The van der Waals surface area contributed by atoms with E-state index in [2.05, 4.69) is 40.1 Å². The van der Waals surface area contributed by atoms with Gasteiger partial charge >= 0.3 is 0 Å². The summed E-state index contributed by atoms with van der Waals surface area (Å²) in [5, 5.41) is 11.9. The fourth-order valence-electron chi connectivity index (χ4n) is 3.66. The van der Waals surface area contributed by atoms with Gasteiger partial charge in [0.25, 0.3) is 5.91 Å². The van der Waals surface area contributed by atoms with E-state index in [0.717, 1.165) is 6.04 Å². The largest absolute Gasteiger partial charge is 0.358 e. The first-order chi connectivity index (χ1) is 17.4. The Labute approximate surface area is 227 Å². The van der Waals surface area contributed by atoms with E-state index >= 15 is 0 Å². The quantitative estimate of drug-likeness (QED) is 0.285. The Morgan fingerprint density at radius 3 is 2.65 bits per heavy atom. The molecular formula is C23H28Cl2N6O4SSi. The monoisotopic (exact) mass is 582 g/mol. The van der Waals surface area contributed by atoms with Gasteiger partial charge < -0.3 is 10.1 Å². The number of pyridine rings is 1. The molecule has 1 aliphatic heterocycles. The highest BCUT2D eigenvalue weighted by Gasteiger charge is 2.30. The highest BCUT2D eigenvalue weighted by molar-refractivity contribution is 7.93. The van der Waals surface area contributed by atoms with Gasteiger partial charge in [-0.05, 0) is 36.7 Å². The number of carbonyl (C=O) groups excluding carboxylic acids is 1. The lowest BCUT2D eigenvalue weighted by molar-refractivity contribution is 0.0686. The molecule has 0 unspecified atom stereocenters. The molecular weight excluding hydrogens is 555 g/mol. The summed E-state index contributed by atoms with van der Waals surface area (Å²) in [6.07, 6.45) is 3.36. The predicted octanol–water partition coefficient (Wildman–Crippen LogP) is 4.75. The number of benzene rings is 1. The zero-order chi connectivity index (χ0) is 26.8. The zero-order valence-electron chi connectivity index (χ0n) is 20.7. The van der Waals surface area contributed by atoms with Crippen LogP contribution in [0.25, 0.3) is 11.3 Å². The van der Waals surface area contributed by atoms with Gasteiger partial charge in [-0.3, -0.25) is 9.10 Å². The number of nitrogens with one attached hydrogen (secondary N) is 1. The van der Waals surface area contributed by atoms with E-state index in [0.29, 0.717) is 41.5 Å². The minimum atomic E-state index is -3.45. The summed E-state index contributed by atoms with van der Waals surface area (Å²) in [7, 11) is -4.63. The second-order valence-corrected chi connectivity index (χ2v) is 18.4. The van der Waals surface area contributed by atoms with Crippen molar-refractivity contribution in [1.29, 1.82) is 0 Å². The SMILES string of the molecule is C[Si](C)(C)CCOCn1ncc(-c2cc(Cl)cc(NC(=O)c3cc(N4CCCS4(=O)=O)ncc3Cl)c2)n1. The van der Waals surface area contributed by atoms with Gasteiger partial charge in [0.2, 0.25) is 10.0 Å². The summed E-state index contributed by atoms with van der Waals surface area (Å²) in [6, 6.07) is 7.45. The van der Waals surface area contributed by atoms with E-state index in [1.165, 1.54) is 21.4 Å². The maximum absolute atomic E-state index is 13.1. The molecule has 1 N–H and O–H groups in total. The number of ether oxygens (including phenoxy) is 1. The summed E-state index contributed by atoms with van der Waals surface area (Å²) in [4.78, 5) is 18.6. The summed E-state index contributed by atoms with van der Waals surface area (Å²) in [5.41, 5.74) is 1.73. The summed E-state index contributed by atoms with van der Waals surface area (Å²) < 4.78 is 31.4. The van der Waals surface area contributed by atoms with Crippen molar-refractivity contribution >= 4 is 58.7 Å². The molecule has 1 saturated heterocycles. The lowest BCUT2D eigenvalue weighted by Crippen LogP contribution is -2.26. The van der Waals surface area contributed by atoms with Crippen molar-refractivity contribution in [2.75, 3.05) is 28.5 Å². The third kappa shape index (κ3) is 7.08. The van der Waals surface area contributed by atoms with Crippen LogP contribution in [0.2, 0.25) is 35.7 Å². The number of halogens is 2. The molecule has 0 aliphatic carbocycles. The van der Waals surface area contributed by atoms with Crippen LogP contribution in [0.1, 0.15) is 16.8 Å². The minimum Gasteiger partial charge on any atom is -0.358 e. The van der Waals surface area contributed by atoms with E-state index in [9.17, 15) is 13.2 Å². The maximum atomic E-state index is 13.1.